The first-order chi connectivity index (χ1) is 16.4. The lowest BCUT2D eigenvalue weighted by Gasteiger charge is -2.37. The van der Waals surface area contributed by atoms with Gasteiger partial charge in [0.1, 0.15) is 0 Å². The number of anilines is 1. The summed E-state index contributed by atoms with van der Waals surface area (Å²) in [5, 5.41) is 0. The highest BCUT2D eigenvalue weighted by atomic mass is 32.2. The number of aryl methyl sites for hydroxylation is 1. The van der Waals surface area contributed by atoms with Crippen molar-refractivity contribution >= 4 is 21.6 Å². The third-order valence-electron chi connectivity index (χ3n) is 6.22. The molecule has 6 nitrogen and oxygen atoms in total. The number of nitrogens with zero attached hydrogens (tertiary/aromatic N) is 3. The molecule has 1 aliphatic heterocycles. The SMILES string of the molecule is Cc1ccc(S(=O)(=O)N(CCc2ccccc2)CC(=O)N2CCN(c3ccccc3)CC2)cc1. The average Bonchev–Trinajstić information content (AvgIpc) is 2.88. The maximum Gasteiger partial charge on any atom is 0.243 e. The minimum atomic E-state index is -3.80. The Morgan fingerprint density at radius 1 is 0.824 bits per heavy atom. The average molecular weight is 478 g/mol. The van der Waals surface area contributed by atoms with E-state index in [1.54, 1.807) is 29.2 Å². The summed E-state index contributed by atoms with van der Waals surface area (Å²) in [7, 11) is -3.80. The Morgan fingerprint density at radius 2 is 1.41 bits per heavy atom. The molecule has 0 aromatic heterocycles. The Kier molecular flexibility index (Phi) is 7.65. The molecule has 0 N–H and O–H groups in total. The Morgan fingerprint density at radius 3 is 2.03 bits per heavy atom. The van der Waals surface area contributed by atoms with Gasteiger partial charge in [0, 0.05) is 38.4 Å². The van der Waals surface area contributed by atoms with Crippen LogP contribution in [0.4, 0.5) is 5.69 Å². The fourth-order valence-corrected chi connectivity index (χ4v) is 5.54. The fourth-order valence-electron chi connectivity index (χ4n) is 4.15. The van der Waals surface area contributed by atoms with Crippen molar-refractivity contribution in [3.05, 3.63) is 96.1 Å². The summed E-state index contributed by atoms with van der Waals surface area (Å²) in [5.41, 5.74) is 3.17. The molecule has 178 valence electrons. The maximum atomic E-state index is 13.5. The van der Waals surface area contributed by atoms with E-state index in [2.05, 4.69) is 17.0 Å². The standard InChI is InChI=1S/C27H31N3O3S/c1-23-12-14-26(15-13-23)34(32,33)30(17-16-24-8-4-2-5-9-24)22-27(31)29-20-18-28(19-21-29)25-10-6-3-7-11-25/h2-15H,16-22H2,1H3. The van der Waals surface area contributed by atoms with Crippen LogP contribution < -0.4 is 4.90 Å². The number of carbonyl (C=O) groups is 1. The highest BCUT2D eigenvalue weighted by Crippen LogP contribution is 2.19. The van der Waals surface area contributed by atoms with Crippen molar-refractivity contribution in [1.82, 2.24) is 9.21 Å². The summed E-state index contributed by atoms with van der Waals surface area (Å²) in [6.07, 6.45) is 0.543. The Hall–Kier alpha value is -3.16. The highest BCUT2D eigenvalue weighted by Gasteiger charge is 2.29. The van der Waals surface area contributed by atoms with Gasteiger partial charge in [0.25, 0.3) is 0 Å². The Labute approximate surface area is 202 Å². The molecule has 0 unspecified atom stereocenters. The molecule has 4 rings (SSSR count). The van der Waals surface area contributed by atoms with E-state index in [1.165, 1.54) is 4.31 Å². The summed E-state index contributed by atoms with van der Waals surface area (Å²) in [6, 6.07) is 26.7. The van der Waals surface area contributed by atoms with Gasteiger partial charge in [0.2, 0.25) is 15.9 Å². The van der Waals surface area contributed by atoms with E-state index in [0.717, 1.165) is 29.9 Å². The summed E-state index contributed by atoms with van der Waals surface area (Å²) >= 11 is 0. The Balaban J connectivity index is 1.46. The first-order valence-corrected chi connectivity index (χ1v) is 13.1. The number of hydrogen-bond acceptors (Lipinski definition) is 4. The molecule has 1 amide bonds. The number of hydrogen-bond donors (Lipinski definition) is 0. The summed E-state index contributed by atoms with van der Waals surface area (Å²) in [4.78, 5) is 17.4. The zero-order valence-corrected chi connectivity index (χ0v) is 20.3. The van der Waals surface area contributed by atoms with E-state index >= 15 is 0 Å². The first kappa shape index (κ1) is 24.0. The second kappa shape index (κ2) is 10.8. The molecule has 3 aromatic carbocycles. The van der Waals surface area contributed by atoms with Gasteiger partial charge in [0.05, 0.1) is 11.4 Å². The molecule has 3 aromatic rings. The number of sulfonamides is 1. The first-order valence-electron chi connectivity index (χ1n) is 11.6. The number of piperazine rings is 1. The molecule has 0 saturated carbocycles. The smallest absolute Gasteiger partial charge is 0.243 e. The quantitative estimate of drug-likeness (QED) is 0.498. The Bertz CT molecular complexity index is 1170. The van der Waals surface area contributed by atoms with E-state index in [1.807, 2.05) is 55.5 Å². The van der Waals surface area contributed by atoms with E-state index in [0.29, 0.717) is 19.5 Å². The van der Waals surface area contributed by atoms with Crippen molar-refractivity contribution in [3.8, 4) is 0 Å². The van der Waals surface area contributed by atoms with Gasteiger partial charge in [-0.1, -0.05) is 66.2 Å². The normalized spacial score (nSPS) is 14.4. The van der Waals surface area contributed by atoms with Crippen LogP contribution in [0.5, 0.6) is 0 Å². The van der Waals surface area contributed by atoms with Crippen molar-refractivity contribution in [1.29, 1.82) is 0 Å². The van der Waals surface area contributed by atoms with Crippen molar-refractivity contribution < 1.29 is 13.2 Å². The third-order valence-corrected chi connectivity index (χ3v) is 8.08. The lowest BCUT2D eigenvalue weighted by Crippen LogP contribution is -2.52. The number of para-hydroxylation sites is 1. The van der Waals surface area contributed by atoms with E-state index in [4.69, 9.17) is 0 Å². The third kappa shape index (κ3) is 5.85. The van der Waals surface area contributed by atoms with Gasteiger partial charge in [-0.15, -0.1) is 0 Å². The highest BCUT2D eigenvalue weighted by molar-refractivity contribution is 7.89. The topological polar surface area (TPSA) is 60.9 Å². The molecule has 0 radical (unpaired) electrons. The lowest BCUT2D eigenvalue weighted by molar-refractivity contribution is -0.131. The molecule has 1 saturated heterocycles. The molecule has 0 atom stereocenters. The zero-order valence-electron chi connectivity index (χ0n) is 19.5. The van der Waals surface area contributed by atoms with Crippen LogP contribution in [-0.2, 0) is 21.2 Å². The van der Waals surface area contributed by atoms with Crippen LogP contribution in [0.3, 0.4) is 0 Å². The molecule has 0 spiro atoms. The molecule has 1 aliphatic rings. The zero-order chi connectivity index (χ0) is 24.0. The van der Waals surface area contributed by atoms with Gasteiger partial charge in [-0.05, 0) is 43.2 Å². The largest absolute Gasteiger partial charge is 0.368 e. The minimum absolute atomic E-state index is 0.156. The number of benzene rings is 3. The van der Waals surface area contributed by atoms with E-state index < -0.39 is 10.0 Å². The molecule has 34 heavy (non-hydrogen) atoms. The second-order valence-electron chi connectivity index (χ2n) is 8.59. The van der Waals surface area contributed by atoms with Gasteiger partial charge in [-0.3, -0.25) is 4.79 Å². The van der Waals surface area contributed by atoms with Crippen LogP contribution in [0.25, 0.3) is 0 Å². The van der Waals surface area contributed by atoms with Gasteiger partial charge in [-0.2, -0.15) is 4.31 Å². The molecule has 1 heterocycles. The van der Waals surface area contributed by atoms with Gasteiger partial charge in [-0.25, -0.2) is 8.42 Å². The summed E-state index contributed by atoms with van der Waals surface area (Å²) in [6.45, 7) is 4.61. The van der Waals surface area contributed by atoms with Crippen LogP contribution in [0.1, 0.15) is 11.1 Å². The lowest BCUT2D eigenvalue weighted by atomic mass is 10.1. The predicted molar refractivity (Wildman–Crippen MR) is 135 cm³/mol. The molecule has 0 bridgehead atoms. The second-order valence-corrected chi connectivity index (χ2v) is 10.5. The molecule has 0 aliphatic carbocycles. The van der Waals surface area contributed by atoms with Crippen molar-refractivity contribution in [2.45, 2.75) is 18.2 Å². The number of amides is 1. The van der Waals surface area contributed by atoms with Crippen molar-refractivity contribution in [2.75, 3.05) is 44.2 Å². The van der Waals surface area contributed by atoms with E-state index in [9.17, 15) is 13.2 Å². The maximum absolute atomic E-state index is 13.5. The molecule has 7 heteroatoms. The predicted octanol–water partition coefficient (Wildman–Crippen LogP) is 3.58. The summed E-state index contributed by atoms with van der Waals surface area (Å²) in [5.74, 6) is -0.156. The number of carbonyl (C=O) groups excluding carboxylic acids is 1. The van der Waals surface area contributed by atoms with Gasteiger partial charge < -0.3 is 9.80 Å². The minimum Gasteiger partial charge on any atom is -0.368 e. The van der Waals surface area contributed by atoms with E-state index in [-0.39, 0.29) is 23.9 Å². The summed E-state index contributed by atoms with van der Waals surface area (Å²) < 4.78 is 28.3. The van der Waals surface area contributed by atoms with Gasteiger partial charge in [0.15, 0.2) is 0 Å². The van der Waals surface area contributed by atoms with Crippen LogP contribution in [-0.4, -0.2) is 62.8 Å². The molecule has 1 fully saturated rings. The van der Waals surface area contributed by atoms with Crippen LogP contribution in [0.15, 0.2) is 89.8 Å². The van der Waals surface area contributed by atoms with Crippen LogP contribution in [0.2, 0.25) is 0 Å². The van der Waals surface area contributed by atoms with Crippen LogP contribution >= 0.6 is 0 Å². The molecular weight excluding hydrogens is 446 g/mol. The van der Waals surface area contributed by atoms with Crippen molar-refractivity contribution in [2.24, 2.45) is 0 Å². The molecular formula is C27H31N3O3S. The monoisotopic (exact) mass is 477 g/mol. The fraction of sp³-hybridized carbons (Fsp3) is 0.296. The van der Waals surface area contributed by atoms with Crippen LogP contribution in [0, 0.1) is 6.92 Å². The van der Waals surface area contributed by atoms with Crippen molar-refractivity contribution in [3.63, 3.8) is 0 Å². The van der Waals surface area contributed by atoms with Gasteiger partial charge >= 0.3 is 0 Å². The number of rotatable bonds is 8.